The lowest BCUT2D eigenvalue weighted by atomic mass is 10.1. The van der Waals surface area contributed by atoms with Gasteiger partial charge in [0.2, 0.25) is 11.7 Å². The summed E-state index contributed by atoms with van der Waals surface area (Å²) in [6, 6.07) is 14.8. The number of nitrogens with one attached hydrogen (secondary N) is 1. The third kappa shape index (κ3) is 3.28. The zero-order chi connectivity index (χ0) is 17.1. The molecule has 0 unspecified atom stereocenters. The van der Waals surface area contributed by atoms with Crippen molar-refractivity contribution in [3.8, 4) is 0 Å². The number of hydrogen-bond donors (Lipinski definition) is 2. The molecule has 0 saturated carbocycles. The van der Waals surface area contributed by atoms with Crippen LogP contribution in [0.25, 0.3) is 11.0 Å². The molecule has 1 heterocycles. The second-order valence-corrected chi connectivity index (χ2v) is 6.12. The summed E-state index contributed by atoms with van der Waals surface area (Å²) in [5.41, 5.74) is 7.07. The van der Waals surface area contributed by atoms with Crippen molar-refractivity contribution in [3.63, 3.8) is 0 Å². The number of thioether (sulfide) groups is 1. The van der Waals surface area contributed by atoms with Gasteiger partial charge in [-0.1, -0.05) is 24.3 Å². The number of carbonyl (C=O) groups excluding carboxylic acids is 2. The first kappa shape index (κ1) is 16.1. The van der Waals surface area contributed by atoms with Crippen molar-refractivity contribution >= 4 is 40.2 Å². The van der Waals surface area contributed by atoms with Gasteiger partial charge in [-0.25, -0.2) is 0 Å². The summed E-state index contributed by atoms with van der Waals surface area (Å²) in [6.45, 7) is 0. The molecular weight excluding hydrogens is 324 g/mol. The van der Waals surface area contributed by atoms with Crippen molar-refractivity contribution < 1.29 is 14.0 Å². The van der Waals surface area contributed by atoms with E-state index in [4.69, 9.17) is 10.2 Å². The summed E-state index contributed by atoms with van der Waals surface area (Å²) in [6.07, 6.45) is 2.20. The van der Waals surface area contributed by atoms with E-state index >= 15 is 0 Å². The Hall–Kier alpha value is -2.73. The van der Waals surface area contributed by atoms with E-state index < -0.39 is 5.91 Å². The summed E-state index contributed by atoms with van der Waals surface area (Å²) in [5, 5.41) is 3.40. The van der Waals surface area contributed by atoms with E-state index in [0.717, 1.165) is 10.5 Å². The van der Waals surface area contributed by atoms with Crippen LogP contribution in [0.3, 0.4) is 0 Å². The molecule has 0 radical (unpaired) electrons. The van der Waals surface area contributed by atoms with E-state index in [0.29, 0.717) is 16.7 Å². The van der Waals surface area contributed by atoms with Crippen LogP contribution >= 0.6 is 11.8 Å². The van der Waals surface area contributed by atoms with E-state index in [1.807, 2.05) is 30.5 Å². The van der Waals surface area contributed by atoms with Crippen LogP contribution in [-0.2, 0) is 11.2 Å². The summed E-state index contributed by atoms with van der Waals surface area (Å²) < 4.78 is 5.45. The van der Waals surface area contributed by atoms with Gasteiger partial charge in [0.15, 0.2) is 0 Å². The molecule has 122 valence electrons. The van der Waals surface area contributed by atoms with Crippen molar-refractivity contribution in [1.82, 2.24) is 0 Å². The zero-order valence-electron chi connectivity index (χ0n) is 13.0. The number of fused-ring (bicyclic) bond motifs is 1. The first-order chi connectivity index (χ1) is 11.6. The van der Waals surface area contributed by atoms with Crippen molar-refractivity contribution in [3.05, 3.63) is 59.9 Å². The van der Waals surface area contributed by atoms with E-state index in [1.54, 1.807) is 36.0 Å². The average molecular weight is 340 g/mol. The van der Waals surface area contributed by atoms with Crippen LogP contribution in [0.5, 0.6) is 0 Å². The number of benzene rings is 2. The van der Waals surface area contributed by atoms with Crippen molar-refractivity contribution in [2.75, 3.05) is 11.6 Å². The molecule has 5 nitrogen and oxygen atoms in total. The highest BCUT2D eigenvalue weighted by Gasteiger charge is 2.20. The fourth-order valence-electron chi connectivity index (χ4n) is 2.46. The van der Waals surface area contributed by atoms with E-state index in [-0.39, 0.29) is 18.1 Å². The van der Waals surface area contributed by atoms with Crippen LogP contribution in [0, 0.1) is 0 Å². The molecule has 0 saturated heterocycles. The molecule has 0 aliphatic heterocycles. The summed E-state index contributed by atoms with van der Waals surface area (Å²) in [7, 11) is 0. The molecule has 3 aromatic rings. The third-order valence-corrected chi connectivity index (χ3v) is 4.35. The number of furan rings is 1. The number of para-hydroxylation sites is 1. The second kappa shape index (κ2) is 6.80. The first-order valence-electron chi connectivity index (χ1n) is 7.32. The van der Waals surface area contributed by atoms with Gasteiger partial charge in [-0.05, 0) is 36.1 Å². The van der Waals surface area contributed by atoms with Crippen molar-refractivity contribution in [2.24, 2.45) is 5.73 Å². The third-order valence-electron chi connectivity index (χ3n) is 3.61. The van der Waals surface area contributed by atoms with Gasteiger partial charge >= 0.3 is 0 Å². The fraction of sp³-hybridized carbons (Fsp3) is 0.111. The van der Waals surface area contributed by atoms with E-state index in [9.17, 15) is 9.59 Å². The SMILES string of the molecule is CSc1ccc(CC(=O)Nc2c(C(N)=O)oc3ccccc23)cc1. The Labute approximate surface area is 143 Å². The molecular formula is C18H16N2O3S. The molecule has 1 aromatic heterocycles. The number of hydrogen-bond acceptors (Lipinski definition) is 4. The first-order valence-corrected chi connectivity index (χ1v) is 8.55. The lowest BCUT2D eigenvalue weighted by Crippen LogP contribution is -2.18. The predicted molar refractivity (Wildman–Crippen MR) is 95.3 cm³/mol. The molecule has 2 aromatic carbocycles. The van der Waals surface area contributed by atoms with Crippen molar-refractivity contribution in [2.45, 2.75) is 11.3 Å². The molecule has 0 spiro atoms. The highest BCUT2D eigenvalue weighted by atomic mass is 32.2. The Morgan fingerprint density at radius 1 is 1.12 bits per heavy atom. The maximum Gasteiger partial charge on any atom is 0.286 e. The maximum absolute atomic E-state index is 12.3. The highest BCUT2D eigenvalue weighted by Crippen LogP contribution is 2.30. The summed E-state index contributed by atoms with van der Waals surface area (Å²) >= 11 is 1.64. The molecule has 0 fully saturated rings. The van der Waals surface area contributed by atoms with Gasteiger partial charge in [-0.3, -0.25) is 9.59 Å². The minimum atomic E-state index is -0.717. The highest BCUT2D eigenvalue weighted by molar-refractivity contribution is 7.98. The van der Waals surface area contributed by atoms with Gasteiger partial charge in [-0.15, -0.1) is 11.8 Å². The molecule has 0 atom stereocenters. The molecule has 0 aliphatic rings. The summed E-state index contributed by atoms with van der Waals surface area (Å²) in [5.74, 6) is -0.992. The quantitative estimate of drug-likeness (QED) is 0.697. The number of carbonyl (C=O) groups is 2. The van der Waals surface area contributed by atoms with Crippen LogP contribution < -0.4 is 11.1 Å². The van der Waals surface area contributed by atoms with Gasteiger partial charge in [0, 0.05) is 10.3 Å². The molecule has 2 amide bonds. The van der Waals surface area contributed by atoms with Crippen LogP contribution in [0.15, 0.2) is 57.8 Å². The Morgan fingerprint density at radius 2 is 1.83 bits per heavy atom. The van der Waals surface area contributed by atoms with Crippen LogP contribution in [0.2, 0.25) is 0 Å². The molecule has 0 bridgehead atoms. The Balaban J connectivity index is 1.84. The molecule has 0 aliphatic carbocycles. The Bertz CT molecular complexity index is 900. The van der Waals surface area contributed by atoms with Gasteiger partial charge in [0.1, 0.15) is 11.3 Å². The predicted octanol–water partition coefficient (Wildman–Crippen LogP) is 3.43. The monoisotopic (exact) mass is 340 g/mol. The lowest BCUT2D eigenvalue weighted by molar-refractivity contribution is -0.115. The van der Waals surface area contributed by atoms with Gasteiger partial charge in [-0.2, -0.15) is 0 Å². The summed E-state index contributed by atoms with van der Waals surface area (Å²) in [4.78, 5) is 25.1. The smallest absolute Gasteiger partial charge is 0.286 e. The standard InChI is InChI=1S/C18H16N2O3S/c1-24-12-8-6-11(7-9-12)10-15(21)20-16-13-4-2-3-5-14(13)23-17(16)18(19)22/h2-9H,10H2,1H3,(H2,19,22)(H,20,21). The number of rotatable bonds is 5. The minimum Gasteiger partial charge on any atom is -0.449 e. The molecule has 3 N–H and O–H groups in total. The average Bonchev–Trinajstić information content (AvgIpc) is 2.94. The largest absolute Gasteiger partial charge is 0.449 e. The normalized spacial score (nSPS) is 10.7. The number of anilines is 1. The van der Waals surface area contributed by atoms with Crippen LogP contribution in [0.4, 0.5) is 5.69 Å². The van der Waals surface area contributed by atoms with Crippen LogP contribution in [-0.4, -0.2) is 18.1 Å². The molecule has 24 heavy (non-hydrogen) atoms. The van der Waals surface area contributed by atoms with E-state index in [2.05, 4.69) is 5.32 Å². The van der Waals surface area contributed by atoms with Gasteiger partial charge in [0.25, 0.3) is 5.91 Å². The van der Waals surface area contributed by atoms with Crippen LogP contribution in [0.1, 0.15) is 16.1 Å². The van der Waals surface area contributed by atoms with E-state index in [1.165, 1.54) is 0 Å². The van der Waals surface area contributed by atoms with Gasteiger partial charge < -0.3 is 15.5 Å². The Kier molecular flexibility index (Phi) is 4.57. The molecule has 6 heteroatoms. The minimum absolute atomic E-state index is 0.0396. The van der Waals surface area contributed by atoms with Gasteiger partial charge in [0.05, 0.1) is 6.42 Å². The number of nitrogens with two attached hydrogens (primary N) is 1. The number of primary amides is 1. The maximum atomic E-state index is 12.3. The fourth-order valence-corrected chi connectivity index (χ4v) is 2.86. The second-order valence-electron chi connectivity index (χ2n) is 5.24. The number of amides is 2. The molecule has 3 rings (SSSR count). The Morgan fingerprint density at radius 3 is 2.50 bits per heavy atom. The zero-order valence-corrected chi connectivity index (χ0v) is 13.9. The topological polar surface area (TPSA) is 85.3 Å². The van der Waals surface area contributed by atoms with Crippen molar-refractivity contribution in [1.29, 1.82) is 0 Å². The lowest BCUT2D eigenvalue weighted by Gasteiger charge is -2.06.